The van der Waals surface area contributed by atoms with E-state index in [9.17, 15) is 8.78 Å². The predicted octanol–water partition coefficient (Wildman–Crippen LogP) is 5.50. The summed E-state index contributed by atoms with van der Waals surface area (Å²) in [6.07, 6.45) is 2.03. The van der Waals surface area contributed by atoms with E-state index in [0.29, 0.717) is 11.3 Å². The first-order chi connectivity index (χ1) is 10.0. The highest BCUT2D eigenvalue weighted by atomic mass is 19.2. The molecule has 0 heterocycles. The van der Waals surface area contributed by atoms with Crippen molar-refractivity contribution in [1.82, 2.24) is 0 Å². The van der Waals surface area contributed by atoms with Gasteiger partial charge in [0.1, 0.15) is 0 Å². The molecule has 0 bridgehead atoms. The second-order valence-electron chi connectivity index (χ2n) is 4.99. The second kappa shape index (κ2) is 6.53. The summed E-state index contributed by atoms with van der Waals surface area (Å²) in [5.74, 6) is -1.73. The van der Waals surface area contributed by atoms with Gasteiger partial charge in [-0.05, 0) is 36.6 Å². The summed E-state index contributed by atoms with van der Waals surface area (Å²) in [7, 11) is 0. The number of ether oxygens (including phenoxy) is 1. The Hall–Kier alpha value is -2.16. The fourth-order valence-corrected chi connectivity index (χ4v) is 2.16. The van der Waals surface area contributed by atoms with E-state index in [2.05, 4.69) is 13.5 Å². The minimum absolute atomic E-state index is 0.147. The van der Waals surface area contributed by atoms with Gasteiger partial charge in [-0.3, -0.25) is 0 Å². The minimum atomic E-state index is -0.992. The molecule has 0 aliphatic carbocycles. The van der Waals surface area contributed by atoms with Crippen LogP contribution in [0.3, 0.4) is 0 Å². The maximum Gasteiger partial charge on any atom is 0.201 e. The predicted molar refractivity (Wildman–Crippen MR) is 81.2 cm³/mol. The van der Waals surface area contributed by atoms with Gasteiger partial charge in [-0.15, -0.1) is 0 Å². The van der Waals surface area contributed by atoms with E-state index in [1.54, 1.807) is 6.92 Å². The number of hydrogen-bond acceptors (Lipinski definition) is 1. The zero-order valence-electron chi connectivity index (χ0n) is 12.2. The van der Waals surface area contributed by atoms with Gasteiger partial charge in [-0.25, -0.2) is 4.39 Å². The Bertz CT molecular complexity index is 645. The highest BCUT2D eigenvalue weighted by Gasteiger charge is 2.16. The van der Waals surface area contributed by atoms with Crippen molar-refractivity contribution < 1.29 is 13.5 Å². The van der Waals surface area contributed by atoms with Crippen LogP contribution in [0.1, 0.15) is 25.8 Å². The Labute approximate surface area is 123 Å². The first-order valence-electron chi connectivity index (χ1n) is 6.93. The number of benzene rings is 2. The molecule has 110 valence electrons. The van der Waals surface area contributed by atoms with Gasteiger partial charge < -0.3 is 4.74 Å². The van der Waals surface area contributed by atoms with Gasteiger partial charge in [-0.2, -0.15) is 4.39 Å². The standard InChI is InChI=1S/C18H18F2O/c1-4-5-13-6-8-14(9-7-13)15-10-11-16(21-12(2)3)18(20)17(15)19/h6-11H,2,4-5H2,1,3H3. The fourth-order valence-electron chi connectivity index (χ4n) is 2.16. The minimum Gasteiger partial charge on any atom is -0.459 e. The SMILES string of the molecule is C=C(C)Oc1ccc(-c2ccc(CCC)cc2)c(F)c1F. The molecule has 0 aliphatic heterocycles. The van der Waals surface area contributed by atoms with Crippen LogP contribution >= 0.6 is 0 Å². The summed E-state index contributed by atoms with van der Waals surface area (Å²) >= 11 is 0. The average Bonchev–Trinajstić information content (AvgIpc) is 2.45. The van der Waals surface area contributed by atoms with Gasteiger partial charge in [0.2, 0.25) is 5.82 Å². The van der Waals surface area contributed by atoms with E-state index in [-0.39, 0.29) is 11.3 Å². The van der Waals surface area contributed by atoms with Crippen LogP contribution in [0.5, 0.6) is 5.75 Å². The Morgan fingerprint density at radius 3 is 2.29 bits per heavy atom. The van der Waals surface area contributed by atoms with Crippen LogP contribution in [0.25, 0.3) is 11.1 Å². The Kier molecular flexibility index (Phi) is 4.73. The van der Waals surface area contributed by atoms with Crippen LogP contribution in [-0.2, 0) is 6.42 Å². The quantitative estimate of drug-likeness (QED) is 0.660. The molecule has 2 aromatic rings. The lowest BCUT2D eigenvalue weighted by molar-refractivity contribution is 0.384. The van der Waals surface area contributed by atoms with Crippen molar-refractivity contribution in [1.29, 1.82) is 0 Å². The van der Waals surface area contributed by atoms with Crippen molar-refractivity contribution in [3.63, 3.8) is 0 Å². The molecule has 0 saturated heterocycles. The topological polar surface area (TPSA) is 9.23 Å². The van der Waals surface area contributed by atoms with E-state index >= 15 is 0 Å². The first kappa shape index (κ1) is 15.2. The molecule has 0 unspecified atom stereocenters. The molecule has 0 amide bonds. The van der Waals surface area contributed by atoms with E-state index < -0.39 is 11.6 Å². The van der Waals surface area contributed by atoms with Crippen LogP contribution in [0.15, 0.2) is 48.7 Å². The third kappa shape index (κ3) is 3.48. The van der Waals surface area contributed by atoms with Crippen molar-refractivity contribution in [3.8, 4) is 16.9 Å². The molecule has 0 N–H and O–H groups in total. The third-order valence-electron chi connectivity index (χ3n) is 3.13. The molecular weight excluding hydrogens is 270 g/mol. The van der Waals surface area contributed by atoms with Crippen LogP contribution in [0, 0.1) is 11.6 Å². The van der Waals surface area contributed by atoms with E-state index in [1.807, 2.05) is 24.3 Å². The molecule has 21 heavy (non-hydrogen) atoms. The summed E-state index contributed by atoms with van der Waals surface area (Å²) in [6.45, 7) is 7.20. The first-order valence-corrected chi connectivity index (χ1v) is 6.93. The van der Waals surface area contributed by atoms with E-state index in [1.165, 1.54) is 17.7 Å². The van der Waals surface area contributed by atoms with Crippen molar-refractivity contribution in [3.05, 3.63) is 65.9 Å². The van der Waals surface area contributed by atoms with Crippen molar-refractivity contribution >= 4 is 0 Å². The number of aryl methyl sites for hydroxylation is 1. The number of rotatable bonds is 5. The number of hydrogen-bond donors (Lipinski definition) is 0. The monoisotopic (exact) mass is 288 g/mol. The Morgan fingerprint density at radius 2 is 1.71 bits per heavy atom. The molecule has 2 aromatic carbocycles. The van der Waals surface area contributed by atoms with Crippen molar-refractivity contribution in [2.45, 2.75) is 26.7 Å². The Balaban J connectivity index is 2.36. The van der Waals surface area contributed by atoms with Gasteiger partial charge in [0.05, 0.1) is 5.76 Å². The van der Waals surface area contributed by atoms with Crippen LogP contribution in [0.4, 0.5) is 8.78 Å². The summed E-state index contributed by atoms with van der Waals surface area (Å²) in [5.41, 5.74) is 2.06. The highest BCUT2D eigenvalue weighted by molar-refractivity contribution is 5.65. The molecule has 1 nitrogen and oxygen atoms in total. The van der Waals surface area contributed by atoms with Crippen LogP contribution < -0.4 is 4.74 Å². The van der Waals surface area contributed by atoms with Crippen molar-refractivity contribution in [2.75, 3.05) is 0 Å². The fraction of sp³-hybridized carbons (Fsp3) is 0.222. The summed E-state index contributed by atoms with van der Waals surface area (Å²) in [6, 6.07) is 10.4. The Morgan fingerprint density at radius 1 is 1.05 bits per heavy atom. The summed E-state index contributed by atoms with van der Waals surface area (Å²) in [5, 5.41) is 0. The lowest BCUT2D eigenvalue weighted by Crippen LogP contribution is -1.97. The summed E-state index contributed by atoms with van der Waals surface area (Å²) in [4.78, 5) is 0. The molecule has 2 rings (SSSR count). The number of allylic oxidation sites excluding steroid dienone is 1. The number of halogens is 2. The van der Waals surface area contributed by atoms with Gasteiger partial charge in [-0.1, -0.05) is 44.2 Å². The van der Waals surface area contributed by atoms with Crippen LogP contribution in [0.2, 0.25) is 0 Å². The lowest BCUT2D eigenvalue weighted by Gasteiger charge is -2.10. The smallest absolute Gasteiger partial charge is 0.201 e. The molecule has 0 aliphatic rings. The molecule has 0 fully saturated rings. The van der Waals surface area contributed by atoms with Gasteiger partial charge in [0.15, 0.2) is 11.6 Å². The zero-order chi connectivity index (χ0) is 15.4. The van der Waals surface area contributed by atoms with Gasteiger partial charge in [0, 0.05) is 5.56 Å². The molecule has 0 spiro atoms. The van der Waals surface area contributed by atoms with Crippen LogP contribution in [-0.4, -0.2) is 0 Å². The molecule has 3 heteroatoms. The largest absolute Gasteiger partial charge is 0.459 e. The molecule has 0 atom stereocenters. The second-order valence-corrected chi connectivity index (χ2v) is 4.99. The molecule has 0 saturated carbocycles. The highest BCUT2D eigenvalue weighted by Crippen LogP contribution is 2.30. The molecule has 0 aromatic heterocycles. The molecular formula is C18H18F2O. The zero-order valence-corrected chi connectivity index (χ0v) is 12.2. The lowest BCUT2D eigenvalue weighted by atomic mass is 10.0. The maximum absolute atomic E-state index is 14.2. The van der Waals surface area contributed by atoms with E-state index in [4.69, 9.17) is 4.74 Å². The molecule has 0 radical (unpaired) electrons. The normalized spacial score (nSPS) is 10.5. The van der Waals surface area contributed by atoms with Gasteiger partial charge in [0.25, 0.3) is 0 Å². The van der Waals surface area contributed by atoms with E-state index in [0.717, 1.165) is 12.8 Å². The average molecular weight is 288 g/mol. The third-order valence-corrected chi connectivity index (χ3v) is 3.13. The van der Waals surface area contributed by atoms with Gasteiger partial charge >= 0.3 is 0 Å². The summed E-state index contributed by atoms with van der Waals surface area (Å²) < 4.78 is 33.2. The van der Waals surface area contributed by atoms with Crippen molar-refractivity contribution in [2.24, 2.45) is 0 Å². The maximum atomic E-state index is 14.2.